The molecule has 0 radical (unpaired) electrons. The number of nitrogens with one attached hydrogen (secondary N) is 1. The summed E-state index contributed by atoms with van der Waals surface area (Å²) < 4.78 is 5.26. The van der Waals surface area contributed by atoms with Crippen molar-refractivity contribution in [3.63, 3.8) is 0 Å². The fourth-order valence-electron chi connectivity index (χ4n) is 2.22. The number of fused-ring (bicyclic) bond motifs is 1. The summed E-state index contributed by atoms with van der Waals surface area (Å²) in [6.07, 6.45) is 3.90. The fourth-order valence-corrected chi connectivity index (χ4v) is 2.66. The number of pyridine rings is 1. The molecule has 0 saturated carbocycles. The number of methoxy groups -OCH3 is 1. The van der Waals surface area contributed by atoms with E-state index >= 15 is 0 Å². The van der Waals surface area contributed by atoms with E-state index in [4.69, 9.17) is 4.74 Å². The van der Waals surface area contributed by atoms with Crippen LogP contribution in [0, 0.1) is 0 Å². The molecule has 0 fully saturated rings. The summed E-state index contributed by atoms with van der Waals surface area (Å²) in [5.74, 6) is 0.836. The Hall–Kier alpha value is -2.20. The standard InChI is InChI=1S/C17H16N2OS/c1-20-13-5-3-4-12(10-13)19-17-8-9-18-16-7-6-14(21-2)11-15(16)17/h3-11H,1-2H3,(H,18,19). The quantitative estimate of drug-likeness (QED) is 0.707. The van der Waals surface area contributed by atoms with E-state index in [0.717, 1.165) is 28.0 Å². The van der Waals surface area contributed by atoms with Gasteiger partial charge in [0.2, 0.25) is 0 Å². The van der Waals surface area contributed by atoms with Gasteiger partial charge >= 0.3 is 0 Å². The minimum absolute atomic E-state index is 0.836. The monoisotopic (exact) mass is 296 g/mol. The van der Waals surface area contributed by atoms with Crippen LogP contribution in [-0.4, -0.2) is 18.3 Å². The number of hydrogen-bond acceptors (Lipinski definition) is 4. The SMILES string of the molecule is COc1cccc(Nc2ccnc3ccc(SC)cc23)c1. The molecule has 2 aromatic carbocycles. The van der Waals surface area contributed by atoms with Crippen LogP contribution >= 0.6 is 11.8 Å². The number of anilines is 2. The largest absolute Gasteiger partial charge is 0.497 e. The van der Waals surface area contributed by atoms with Crippen molar-refractivity contribution in [1.29, 1.82) is 0 Å². The van der Waals surface area contributed by atoms with Gasteiger partial charge in [-0.05, 0) is 42.7 Å². The molecule has 0 amide bonds. The third-order valence-corrected chi connectivity index (χ3v) is 4.02. The van der Waals surface area contributed by atoms with Crippen LogP contribution in [0.2, 0.25) is 0 Å². The third kappa shape index (κ3) is 2.95. The Balaban J connectivity index is 2.03. The highest BCUT2D eigenvalue weighted by Gasteiger charge is 2.04. The van der Waals surface area contributed by atoms with Gasteiger partial charge in [-0.15, -0.1) is 11.8 Å². The molecule has 3 nitrogen and oxygen atoms in total. The third-order valence-electron chi connectivity index (χ3n) is 3.30. The van der Waals surface area contributed by atoms with Gasteiger partial charge < -0.3 is 10.1 Å². The molecule has 21 heavy (non-hydrogen) atoms. The Morgan fingerprint density at radius 1 is 1.10 bits per heavy atom. The highest BCUT2D eigenvalue weighted by molar-refractivity contribution is 7.98. The molecule has 0 aliphatic heterocycles. The number of ether oxygens (including phenoxy) is 1. The second kappa shape index (κ2) is 6.06. The number of rotatable bonds is 4. The van der Waals surface area contributed by atoms with Crippen LogP contribution in [-0.2, 0) is 0 Å². The maximum absolute atomic E-state index is 5.26. The summed E-state index contributed by atoms with van der Waals surface area (Å²) >= 11 is 1.73. The van der Waals surface area contributed by atoms with Crippen molar-refractivity contribution in [2.24, 2.45) is 0 Å². The number of thioether (sulfide) groups is 1. The van der Waals surface area contributed by atoms with Gasteiger partial charge in [-0.25, -0.2) is 0 Å². The average Bonchev–Trinajstić information content (AvgIpc) is 2.55. The lowest BCUT2D eigenvalue weighted by molar-refractivity contribution is 0.415. The maximum atomic E-state index is 5.26. The number of benzene rings is 2. The molecule has 0 bridgehead atoms. The van der Waals surface area contributed by atoms with Gasteiger partial charge in [0.25, 0.3) is 0 Å². The zero-order valence-corrected chi connectivity index (χ0v) is 12.8. The number of hydrogen-bond donors (Lipinski definition) is 1. The van der Waals surface area contributed by atoms with E-state index in [9.17, 15) is 0 Å². The predicted octanol–water partition coefficient (Wildman–Crippen LogP) is 4.71. The van der Waals surface area contributed by atoms with Gasteiger partial charge in [-0.1, -0.05) is 6.07 Å². The van der Waals surface area contributed by atoms with Crippen molar-refractivity contribution in [2.75, 3.05) is 18.7 Å². The van der Waals surface area contributed by atoms with E-state index in [-0.39, 0.29) is 0 Å². The smallest absolute Gasteiger partial charge is 0.120 e. The zero-order valence-electron chi connectivity index (χ0n) is 12.0. The predicted molar refractivity (Wildman–Crippen MR) is 89.8 cm³/mol. The summed E-state index contributed by atoms with van der Waals surface area (Å²) in [5, 5.41) is 4.56. The Labute approximate surface area is 128 Å². The van der Waals surface area contributed by atoms with Crippen LogP contribution in [0.4, 0.5) is 11.4 Å². The van der Waals surface area contributed by atoms with Crippen molar-refractivity contribution >= 4 is 34.0 Å². The van der Waals surface area contributed by atoms with Crippen molar-refractivity contribution in [1.82, 2.24) is 4.98 Å². The molecule has 1 heterocycles. The first-order valence-electron chi connectivity index (χ1n) is 6.64. The molecule has 0 aliphatic carbocycles. The first-order valence-corrected chi connectivity index (χ1v) is 7.86. The highest BCUT2D eigenvalue weighted by atomic mass is 32.2. The van der Waals surface area contributed by atoms with E-state index < -0.39 is 0 Å². The lowest BCUT2D eigenvalue weighted by Gasteiger charge is -2.11. The van der Waals surface area contributed by atoms with Crippen molar-refractivity contribution in [3.05, 3.63) is 54.7 Å². The minimum Gasteiger partial charge on any atom is -0.497 e. The molecule has 1 N–H and O–H groups in total. The molecule has 0 saturated heterocycles. The van der Waals surface area contributed by atoms with Gasteiger partial charge in [0.15, 0.2) is 0 Å². The van der Waals surface area contributed by atoms with E-state index in [1.807, 2.05) is 36.5 Å². The fraction of sp³-hybridized carbons (Fsp3) is 0.118. The molecular formula is C17H16N2OS. The average molecular weight is 296 g/mol. The number of nitrogens with zero attached hydrogens (tertiary/aromatic N) is 1. The van der Waals surface area contributed by atoms with Gasteiger partial charge in [0, 0.05) is 33.9 Å². The van der Waals surface area contributed by atoms with Crippen LogP contribution in [0.5, 0.6) is 5.75 Å². The molecule has 3 aromatic rings. The highest BCUT2D eigenvalue weighted by Crippen LogP contribution is 2.29. The first-order chi connectivity index (χ1) is 10.3. The topological polar surface area (TPSA) is 34.1 Å². The second-order valence-corrected chi connectivity index (χ2v) is 5.48. The summed E-state index contributed by atoms with van der Waals surface area (Å²) in [6.45, 7) is 0. The molecule has 1 aromatic heterocycles. The van der Waals surface area contributed by atoms with Crippen molar-refractivity contribution < 1.29 is 4.74 Å². The van der Waals surface area contributed by atoms with Gasteiger partial charge in [0.1, 0.15) is 5.75 Å². The van der Waals surface area contributed by atoms with Crippen LogP contribution in [0.25, 0.3) is 10.9 Å². The summed E-state index contributed by atoms with van der Waals surface area (Å²) in [5.41, 5.74) is 3.03. The number of aromatic nitrogens is 1. The zero-order chi connectivity index (χ0) is 14.7. The van der Waals surface area contributed by atoms with Gasteiger partial charge in [-0.3, -0.25) is 4.98 Å². The Morgan fingerprint density at radius 3 is 2.81 bits per heavy atom. The lowest BCUT2D eigenvalue weighted by atomic mass is 10.2. The molecule has 3 rings (SSSR count). The van der Waals surface area contributed by atoms with Crippen LogP contribution in [0.3, 0.4) is 0 Å². The molecule has 4 heteroatoms. The van der Waals surface area contributed by atoms with Crippen LogP contribution in [0.1, 0.15) is 0 Å². The van der Waals surface area contributed by atoms with E-state index in [2.05, 4.69) is 34.8 Å². The Morgan fingerprint density at radius 2 is 2.00 bits per heavy atom. The van der Waals surface area contributed by atoms with Gasteiger partial charge in [0.05, 0.1) is 12.6 Å². The van der Waals surface area contributed by atoms with Crippen LogP contribution in [0.15, 0.2) is 59.6 Å². The van der Waals surface area contributed by atoms with Crippen molar-refractivity contribution in [2.45, 2.75) is 4.90 Å². The maximum Gasteiger partial charge on any atom is 0.120 e. The first kappa shape index (κ1) is 13.8. The molecule has 0 unspecified atom stereocenters. The Kier molecular flexibility index (Phi) is 3.97. The summed E-state index contributed by atoms with van der Waals surface area (Å²) in [7, 11) is 1.67. The minimum atomic E-state index is 0.836. The summed E-state index contributed by atoms with van der Waals surface area (Å²) in [4.78, 5) is 5.64. The molecule has 0 aliphatic rings. The van der Waals surface area contributed by atoms with E-state index in [1.165, 1.54) is 4.90 Å². The summed E-state index contributed by atoms with van der Waals surface area (Å²) in [6, 6.07) is 16.2. The normalized spacial score (nSPS) is 10.6. The second-order valence-electron chi connectivity index (χ2n) is 4.60. The molecule has 0 spiro atoms. The van der Waals surface area contributed by atoms with E-state index in [0.29, 0.717) is 0 Å². The molecule has 106 valence electrons. The molecular weight excluding hydrogens is 280 g/mol. The van der Waals surface area contributed by atoms with Crippen molar-refractivity contribution in [3.8, 4) is 5.75 Å². The Bertz CT molecular complexity index is 774. The van der Waals surface area contributed by atoms with Gasteiger partial charge in [-0.2, -0.15) is 0 Å². The molecule has 0 atom stereocenters. The van der Waals surface area contributed by atoms with E-state index in [1.54, 1.807) is 18.9 Å². The lowest BCUT2D eigenvalue weighted by Crippen LogP contribution is -1.93. The van der Waals surface area contributed by atoms with Crippen LogP contribution < -0.4 is 10.1 Å².